The molecular weight excluding hydrogens is 388 g/mol. The molecule has 0 spiro atoms. The van der Waals surface area contributed by atoms with E-state index >= 15 is 0 Å². The fourth-order valence-corrected chi connectivity index (χ4v) is 3.99. The minimum absolute atomic E-state index is 0.0527. The zero-order valence-corrected chi connectivity index (χ0v) is 17.5. The number of Topliss-reactive ketones (excluding diaryl/α,β-unsaturated/α-hetero) is 1. The van der Waals surface area contributed by atoms with Crippen LogP contribution in [0, 0.1) is 13.8 Å². The van der Waals surface area contributed by atoms with Crippen LogP contribution in [0.4, 0.5) is 0 Å². The SMILES string of the molecule is COc1cc(OC)c(C2CC(=O)c3c(C)cc4oc(=O)cc(C)c4c3O2)cc1OC. The minimum atomic E-state index is -0.601. The molecule has 2 aromatic carbocycles. The van der Waals surface area contributed by atoms with E-state index in [1.54, 1.807) is 53.4 Å². The van der Waals surface area contributed by atoms with E-state index in [1.807, 2.05) is 0 Å². The highest BCUT2D eigenvalue weighted by atomic mass is 16.5. The van der Waals surface area contributed by atoms with E-state index in [2.05, 4.69) is 0 Å². The minimum Gasteiger partial charge on any atom is -0.496 e. The fraction of sp³-hybridized carbons (Fsp3) is 0.304. The van der Waals surface area contributed by atoms with Crippen molar-refractivity contribution < 1.29 is 28.2 Å². The Hall–Kier alpha value is -3.48. The van der Waals surface area contributed by atoms with Gasteiger partial charge in [-0.05, 0) is 37.1 Å². The second kappa shape index (κ2) is 7.40. The molecule has 1 atom stereocenters. The molecular formula is C23H22O7. The van der Waals surface area contributed by atoms with Crippen molar-refractivity contribution in [3.63, 3.8) is 0 Å². The van der Waals surface area contributed by atoms with Crippen molar-refractivity contribution in [2.75, 3.05) is 21.3 Å². The first kappa shape index (κ1) is 19.8. The standard InChI is InChI=1S/C23H22O7/c1-11-6-19-22(12(2)7-20(25)29-19)23-21(11)14(24)9-16(30-23)13-8-17(27-4)18(28-5)10-15(13)26-3/h6-8,10,16H,9H2,1-5H3. The van der Waals surface area contributed by atoms with E-state index in [4.69, 9.17) is 23.4 Å². The van der Waals surface area contributed by atoms with Crippen molar-refractivity contribution in [1.82, 2.24) is 0 Å². The summed E-state index contributed by atoms with van der Waals surface area (Å²) in [5, 5.41) is 0.618. The molecule has 1 aliphatic rings. The number of carbonyl (C=O) groups is 1. The summed E-state index contributed by atoms with van der Waals surface area (Å²) in [6, 6.07) is 6.56. The number of hydrogen-bond donors (Lipinski definition) is 0. The van der Waals surface area contributed by atoms with Gasteiger partial charge in [0.25, 0.3) is 0 Å². The number of carbonyl (C=O) groups excluding carboxylic acids is 1. The van der Waals surface area contributed by atoms with Crippen LogP contribution in [0.25, 0.3) is 11.0 Å². The highest BCUT2D eigenvalue weighted by Gasteiger charge is 2.34. The van der Waals surface area contributed by atoms with Crippen molar-refractivity contribution in [2.45, 2.75) is 26.4 Å². The van der Waals surface area contributed by atoms with E-state index in [0.717, 1.165) is 0 Å². The lowest BCUT2D eigenvalue weighted by Gasteiger charge is -2.29. The van der Waals surface area contributed by atoms with E-state index in [9.17, 15) is 9.59 Å². The maximum atomic E-state index is 13.1. The lowest BCUT2D eigenvalue weighted by atomic mass is 9.90. The van der Waals surface area contributed by atoms with Crippen LogP contribution in [0.15, 0.2) is 33.5 Å². The van der Waals surface area contributed by atoms with Gasteiger partial charge in [-0.1, -0.05) is 0 Å². The lowest BCUT2D eigenvalue weighted by molar-refractivity contribution is 0.0849. The highest BCUT2D eigenvalue weighted by Crippen LogP contribution is 2.46. The summed E-state index contributed by atoms with van der Waals surface area (Å²) in [6.45, 7) is 3.60. The molecule has 0 amide bonds. The molecule has 7 nitrogen and oxygen atoms in total. The normalized spacial score (nSPS) is 15.5. The summed E-state index contributed by atoms with van der Waals surface area (Å²) in [7, 11) is 4.62. The van der Waals surface area contributed by atoms with Gasteiger partial charge in [-0.15, -0.1) is 0 Å². The molecule has 0 aliphatic carbocycles. The molecule has 1 aliphatic heterocycles. The first-order valence-corrected chi connectivity index (χ1v) is 9.45. The smallest absolute Gasteiger partial charge is 0.336 e. The molecule has 0 N–H and O–H groups in total. The van der Waals surface area contributed by atoms with E-state index < -0.39 is 11.7 Å². The third-order valence-corrected chi connectivity index (χ3v) is 5.37. The van der Waals surface area contributed by atoms with Crippen molar-refractivity contribution in [1.29, 1.82) is 0 Å². The second-order valence-electron chi connectivity index (χ2n) is 7.20. The van der Waals surface area contributed by atoms with Crippen LogP contribution in [0.3, 0.4) is 0 Å². The fourth-order valence-electron chi connectivity index (χ4n) is 3.99. The molecule has 0 radical (unpaired) electrons. The quantitative estimate of drug-likeness (QED) is 0.598. The zero-order chi connectivity index (χ0) is 21.6. The predicted molar refractivity (Wildman–Crippen MR) is 110 cm³/mol. The van der Waals surface area contributed by atoms with Gasteiger partial charge in [0.05, 0.1) is 38.7 Å². The molecule has 1 unspecified atom stereocenters. The molecule has 3 aromatic rings. The molecule has 2 heterocycles. The Kier molecular flexibility index (Phi) is 4.89. The summed E-state index contributed by atoms with van der Waals surface area (Å²) >= 11 is 0. The number of ketones is 1. The van der Waals surface area contributed by atoms with Gasteiger partial charge >= 0.3 is 5.63 Å². The molecule has 0 fully saturated rings. The molecule has 156 valence electrons. The molecule has 0 saturated heterocycles. The van der Waals surface area contributed by atoms with Gasteiger partial charge in [-0.2, -0.15) is 0 Å². The van der Waals surface area contributed by atoms with E-state index in [0.29, 0.717) is 56.2 Å². The first-order chi connectivity index (χ1) is 14.4. The van der Waals surface area contributed by atoms with Crippen molar-refractivity contribution in [2.24, 2.45) is 0 Å². The van der Waals surface area contributed by atoms with Gasteiger partial charge in [-0.25, -0.2) is 4.79 Å². The third kappa shape index (κ3) is 3.07. The van der Waals surface area contributed by atoms with Gasteiger partial charge in [0.15, 0.2) is 17.3 Å². The van der Waals surface area contributed by atoms with Crippen molar-refractivity contribution in [3.8, 4) is 23.0 Å². The number of hydrogen-bond acceptors (Lipinski definition) is 7. The maximum absolute atomic E-state index is 13.1. The van der Waals surface area contributed by atoms with Crippen LogP contribution in [0.2, 0.25) is 0 Å². The van der Waals surface area contributed by atoms with E-state index in [-0.39, 0.29) is 12.2 Å². The Labute approximate surface area is 173 Å². The monoisotopic (exact) mass is 410 g/mol. The average Bonchev–Trinajstić information content (AvgIpc) is 2.71. The Bertz CT molecular complexity index is 1220. The van der Waals surface area contributed by atoms with Crippen LogP contribution >= 0.6 is 0 Å². The summed E-state index contributed by atoms with van der Waals surface area (Å²) in [5.74, 6) is 1.91. The summed E-state index contributed by atoms with van der Waals surface area (Å²) < 4.78 is 28.0. The first-order valence-electron chi connectivity index (χ1n) is 9.45. The Balaban J connectivity index is 1.92. The molecule has 1 aromatic heterocycles. The predicted octanol–water partition coefficient (Wildman–Crippen LogP) is 4.14. The van der Waals surface area contributed by atoms with Gasteiger partial charge in [0.2, 0.25) is 0 Å². The van der Waals surface area contributed by atoms with Gasteiger partial charge < -0.3 is 23.4 Å². The Morgan fingerprint density at radius 3 is 2.20 bits per heavy atom. The summed E-state index contributed by atoms with van der Waals surface area (Å²) in [6.07, 6.45) is -0.461. The molecule has 30 heavy (non-hydrogen) atoms. The summed E-state index contributed by atoms with van der Waals surface area (Å²) in [4.78, 5) is 25.0. The molecule has 0 saturated carbocycles. The van der Waals surface area contributed by atoms with Gasteiger partial charge in [0.1, 0.15) is 23.2 Å². The van der Waals surface area contributed by atoms with Crippen LogP contribution in [0.5, 0.6) is 23.0 Å². The summed E-state index contributed by atoms with van der Waals surface area (Å²) in [5.41, 5.74) is 2.51. The second-order valence-corrected chi connectivity index (χ2v) is 7.20. The highest BCUT2D eigenvalue weighted by molar-refractivity contribution is 6.07. The van der Waals surface area contributed by atoms with Crippen molar-refractivity contribution >= 4 is 16.8 Å². The number of aryl methyl sites for hydroxylation is 2. The Morgan fingerprint density at radius 2 is 1.53 bits per heavy atom. The zero-order valence-electron chi connectivity index (χ0n) is 17.5. The topological polar surface area (TPSA) is 84.2 Å². The number of benzene rings is 2. The van der Waals surface area contributed by atoms with Gasteiger partial charge in [0, 0.05) is 17.7 Å². The largest absolute Gasteiger partial charge is 0.496 e. The molecule has 7 heteroatoms. The van der Waals surface area contributed by atoms with Crippen LogP contribution in [-0.4, -0.2) is 27.1 Å². The number of fused-ring (bicyclic) bond motifs is 3. The number of ether oxygens (including phenoxy) is 4. The lowest BCUT2D eigenvalue weighted by Crippen LogP contribution is -2.22. The molecule has 0 bridgehead atoms. The van der Waals surface area contributed by atoms with Crippen molar-refractivity contribution in [3.05, 3.63) is 56.9 Å². The van der Waals surface area contributed by atoms with Crippen LogP contribution < -0.4 is 24.6 Å². The van der Waals surface area contributed by atoms with E-state index in [1.165, 1.54) is 6.07 Å². The molecule has 4 rings (SSSR count). The maximum Gasteiger partial charge on any atom is 0.336 e. The van der Waals surface area contributed by atoms with Gasteiger partial charge in [-0.3, -0.25) is 4.79 Å². The third-order valence-electron chi connectivity index (χ3n) is 5.37. The number of methoxy groups -OCH3 is 3. The average molecular weight is 410 g/mol. The Morgan fingerprint density at radius 1 is 0.867 bits per heavy atom. The van der Waals surface area contributed by atoms with Crippen LogP contribution in [-0.2, 0) is 0 Å². The number of rotatable bonds is 4. The van der Waals surface area contributed by atoms with Crippen LogP contribution in [0.1, 0.15) is 39.6 Å².